The van der Waals surface area contributed by atoms with E-state index in [9.17, 15) is 18.0 Å². The summed E-state index contributed by atoms with van der Waals surface area (Å²) >= 11 is 12.3. The Labute approximate surface area is 247 Å². The van der Waals surface area contributed by atoms with Crippen LogP contribution in [0.15, 0.2) is 71.6 Å². The first kappa shape index (κ1) is 31.5. The van der Waals surface area contributed by atoms with Crippen molar-refractivity contribution in [2.45, 2.75) is 58.0 Å². The molecule has 0 saturated heterocycles. The standard InChI is InChI=1S/C30H35Cl2N3O4S/c1-5-16-33-30(37)28(6-2)34(19-23-13-15-26(31)27(32)18-23)29(36)20-35(24-14-12-21(3)22(4)17-24)40(38,39)25-10-8-7-9-11-25/h7-15,17-18,28H,5-6,16,19-20H2,1-4H3,(H,33,37). The van der Waals surface area contributed by atoms with Crippen molar-refractivity contribution in [3.8, 4) is 0 Å². The predicted octanol–water partition coefficient (Wildman–Crippen LogP) is 6.14. The van der Waals surface area contributed by atoms with Gasteiger partial charge in [0.25, 0.3) is 10.0 Å². The van der Waals surface area contributed by atoms with Gasteiger partial charge in [0.05, 0.1) is 20.6 Å². The first-order chi connectivity index (χ1) is 19.0. The number of amides is 2. The van der Waals surface area contributed by atoms with Crippen molar-refractivity contribution in [2.24, 2.45) is 0 Å². The molecule has 7 nitrogen and oxygen atoms in total. The molecule has 0 aliphatic carbocycles. The van der Waals surface area contributed by atoms with Gasteiger partial charge in [-0.15, -0.1) is 0 Å². The van der Waals surface area contributed by atoms with Crippen LogP contribution >= 0.6 is 23.2 Å². The van der Waals surface area contributed by atoms with E-state index < -0.39 is 28.5 Å². The second kappa shape index (κ2) is 14.0. The molecule has 2 amide bonds. The fourth-order valence-electron chi connectivity index (χ4n) is 4.25. The van der Waals surface area contributed by atoms with Crippen molar-refractivity contribution in [1.29, 1.82) is 0 Å². The second-order valence-corrected chi connectivity index (χ2v) is 12.3. The number of rotatable bonds is 12. The Bertz CT molecular complexity index is 1450. The van der Waals surface area contributed by atoms with E-state index in [-0.39, 0.29) is 17.3 Å². The number of aryl methyl sites for hydroxylation is 2. The summed E-state index contributed by atoms with van der Waals surface area (Å²) in [4.78, 5) is 28.7. The Morgan fingerprint density at radius 1 is 0.900 bits per heavy atom. The van der Waals surface area contributed by atoms with Gasteiger partial charge in [-0.1, -0.05) is 67.4 Å². The van der Waals surface area contributed by atoms with Crippen molar-refractivity contribution >= 4 is 50.7 Å². The van der Waals surface area contributed by atoms with Gasteiger partial charge in [0.2, 0.25) is 11.8 Å². The summed E-state index contributed by atoms with van der Waals surface area (Å²) in [7, 11) is -4.12. The summed E-state index contributed by atoms with van der Waals surface area (Å²) in [5.74, 6) is -0.830. The number of carbonyl (C=O) groups is 2. The molecule has 0 aliphatic heterocycles. The van der Waals surface area contributed by atoms with E-state index in [0.717, 1.165) is 21.9 Å². The molecule has 214 valence electrons. The van der Waals surface area contributed by atoms with E-state index >= 15 is 0 Å². The average Bonchev–Trinajstić information content (AvgIpc) is 2.94. The summed E-state index contributed by atoms with van der Waals surface area (Å²) in [5.41, 5.74) is 2.90. The van der Waals surface area contributed by atoms with Gasteiger partial charge in [0.1, 0.15) is 12.6 Å². The van der Waals surface area contributed by atoms with E-state index in [2.05, 4.69) is 5.32 Å². The van der Waals surface area contributed by atoms with E-state index in [1.165, 1.54) is 17.0 Å². The van der Waals surface area contributed by atoms with Gasteiger partial charge in [-0.3, -0.25) is 13.9 Å². The highest BCUT2D eigenvalue weighted by molar-refractivity contribution is 7.92. The highest BCUT2D eigenvalue weighted by Gasteiger charge is 2.33. The van der Waals surface area contributed by atoms with Crippen LogP contribution in [-0.4, -0.2) is 44.3 Å². The molecule has 0 spiro atoms. The van der Waals surface area contributed by atoms with Gasteiger partial charge in [-0.05, 0) is 79.8 Å². The van der Waals surface area contributed by atoms with E-state index in [1.54, 1.807) is 48.5 Å². The maximum atomic E-state index is 14.1. The van der Waals surface area contributed by atoms with Gasteiger partial charge < -0.3 is 10.2 Å². The maximum Gasteiger partial charge on any atom is 0.264 e. The minimum absolute atomic E-state index is 0.0416. The molecule has 40 heavy (non-hydrogen) atoms. The number of hydrogen-bond acceptors (Lipinski definition) is 4. The second-order valence-electron chi connectivity index (χ2n) is 9.58. The Morgan fingerprint density at radius 3 is 2.20 bits per heavy atom. The minimum Gasteiger partial charge on any atom is -0.354 e. The van der Waals surface area contributed by atoms with Gasteiger partial charge in [-0.2, -0.15) is 0 Å². The highest BCUT2D eigenvalue weighted by atomic mass is 35.5. The average molecular weight is 605 g/mol. The normalized spacial score (nSPS) is 12.1. The minimum atomic E-state index is -4.12. The molecule has 1 atom stereocenters. The monoisotopic (exact) mass is 603 g/mol. The third-order valence-corrected chi connectivity index (χ3v) is 9.19. The lowest BCUT2D eigenvalue weighted by Gasteiger charge is -2.33. The smallest absolute Gasteiger partial charge is 0.264 e. The number of carbonyl (C=O) groups excluding carboxylic acids is 2. The molecule has 0 aromatic heterocycles. The molecule has 3 aromatic rings. The fourth-order valence-corrected chi connectivity index (χ4v) is 6.00. The molecule has 0 bridgehead atoms. The number of nitrogens with one attached hydrogen (secondary N) is 1. The molecular weight excluding hydrogens is 569 g/mol. The van der Waals surface area contributed by atoms with Crippen LogP contribution in [0.5, 0.6) is 0 Å². The zero-order chi connectivity index (χ0) is 29.4. The number of nitrogens with zero attached hydrogens (tertiary/aromatic N) is 2. The van der Waals surface area contributed by atoms with Gasteiger partial charge >= 0.3 is 0 Å². The summed E-state index contributed by atoms with van der Waals surface area (Å²) in [6.45, 7) is 7.57. The van der Waals surface area contributed by atoms with Crippen LogP contribution in [0.4, 0.5) is 5.69 Å². The van der Waals surface area contributed by atoms with Crippen LogP contribution < -0.4 is 9.62 Å². The molecule has 3 rings (SSSR count). The van der Waals surface area contributed by atoms with Crippen molar-refractivity contribution in [1.82, 2.24) is 10.2 Å². The van der Waals surface area contributed by atoms with E-state index in [4.69, 9.17) is 23.2 Å². The van der Waals surface area contributed by atoms with Gasteiger partial charge in [-0.25, -0.2) is 8.42 Å². The molecule has 10 heteroatoms. The van der Waals surface area contributed by atoms with Crippen LogP contribution in [0, 0.1) is 13.8 Å². The number of sulfonamides is 1. The summed E-state index contributed by atoms with van der Waals surface area (Å²) < 4.78 is 28.9. The quantitative estimate of drug-likeness (QED) is 0.269. The van der Waals surface area contributed by atoms with Crippen LogP contribution in [0.25, 0.3) is 0 Å². The Morgan fingerprint density at radius 2 is 1.60 bits per heavy atom. The van der Waals surface area contributed by atoms with Crippen molar-refractivity contribution < 1.29 is 18.0 Å². The first-order valence-corrected chi connectivity index (χ1v) is 15.3. The number of halogens is 2. The van der Waals surface area contributed by atoms with Crippen LogP contribution in [0.1, 0.15) is 43.4 Å². The Hall–Kier alpha value is -3.07. The molecule has 0 fully saturated rings. The maximum absolute atomic E-state index is 14.1. The first-order valence-electron chi connectivity index (χ1n) is 13.2. The zero-order valence-electron chi connectivity index (χ0n) is 23.2. The van der Waals surface area contributed by atoms with Crippen molar-refractivity contribution in [2.75, 3.05) is 17.4 Å². The lowest BCUT2D eigenvalue weighted by atomic mass is 10.1. The third-order valence-electron chi connectivity index (χ3n) is 6.66. The van der Waals surface area contributed by atoms with E-state index in [0.29, 0.717) is 34.3 Å². The topological polar surface area (TPSA) is 86.8 Å². The van der Waals surface area contributed by atoms with Gasteiger partial charge in [0.15, 0.2) is 0 Å². The summed E-state index contributed by atoms with van der Waals surface area (Å²) in [6.07, 6.45) is 1.07. The number of hydrogen-bond donors (Lipinski definition) is 1. The molecule has 0 radical (unpaired) electrons. The van der Waals surface area contributed by atoms with E-state index in [1.807, 2.05) is 33.8 Å². The highest BCUT2D eigenvalue weighted by Crippen LogP contribution is 2.28. The molecular formula is C30H35Cl2N3O4S. The van der Waals surface area contributed by atoms with Crippen molar-refractivity contribution in [3.05, 3.63) is 93.5 Å². The Kier molecular flexibility index (Phi) is 11.0. The zero-order valence-corrected chi connectivity index (χ0v) is 25.5. The molecule has 1 N–H and O–H groups in total. The molecule has 0 saturated carbocycles. The van der Waals surface area contributed by atoms with Crippen LogP contribution in [-0.2, 0) is 26.2 Å². The fraction of sp³-hybridized carbons (Fsp3) is 0.333. The molecule has 1 unspecified atom stereocenters. The lowest BCUT2D eigenvalue weighted by molar-refractivity contribution is -0.140. The predicted molar refractivity (Wildman–Crippen MR) is 161 cm³/mol. The van der Waals surface area contributed by atoms with Crippen LogP contribution in [0.2, 0.25) is 10.0 Å². The van der Waals surface area contributed by atoms with Crippen LogP contribution in [0.3, 0.4) is 0 Å². The SMILES string of the molecule is CCCNC(=O)C(CC)N(Cc1ccc(Cl)c(Cl)c1)C(=O)CN(c1ccc(C)c(C)c1)S(=O)(=O)c1ccccc1. The summed E-state index contributed by atoms with van der Waals surface area (Å²) in [5, 5.41) is 3.55. The van der Waals surface area contributed by atoms with Crippen molar-refractivity contribution in [3.63, 3.8) is 0 Å². The lowest BCUT2D eigenvalue weighted by Crippen LogP contribution is -2.52. The largest absolute Gasteiger partial charge is 0.354 e. The molecule has 3 aromatic carbocycles. The molecule has 0 heterocycles. The third kappa shape index (κ3) is 7.56. The number of benzene rings is 3. The Balaban J connectivity index is 2.08. The molecule has 0 aliphatic rings. The summed E-state index contributed by atoms with van der Waals surface area (Å²) in [6, 6.07) is 17.4. The number of anilines is 1. The van der Waals surface area contributed by atoms with Gasteiger partial charge in [0, 0.05) is 13.1 Å².